The lowest BCUT2D eigenvalue weighted by Gasteiger charge is -2.23. The highest BCUT2D eigenvalue weighted by Gasteiger charge is 2.22. The fourth-order valence-corrected chi connectivity index (χ4v) is 1.74. The molecule has 1 aromatic carbocycles. The Bertz CT molecular complexity index is 486. The van der Waals surface area contributed by atoms with Crippen LogP contribution in [-0.4, -0.2) is 17.6 Å². The van der Waals surface area contributed by atoms with E-state index in [-0.39, 0.29) is 5.75 Å². The quantitative estimate of drug-likeness (QED) is 0.859. The molecule has 3 nitrogen and oxygen atoms in total. The van der Waals surface area contributed by atoms with Gasteiger partial charge in [-0.1, -0.05) is 15.9 Å². The highest BCUT2D eigenvalue weighted by Crippen LogP contribution is 2.26. The van der Waals surface area contributed by atoms with Gasteiger partial charge < -0.3 is 10.1 Å². The SMILES string of the molecule is CC(Oc1cc(Br)cc(F)c1F)C(=O)NC(C)(C)C. The summed E-state index contributed by atoms with van der Waals surface area (Å²) in [4.78, 5) is 11.8. The number of halogens is 3. The van der Waals surface area contributed by atoms with Gasteiger partial charge in [0, 0.05) is 10.0 Å². The number of hydrogen-bond donors (Lipinski definition) is 1. The van der Waals surface area contributed by atoms with Crippen molar-refractivity contribution in [1.82, 2.24) is 5.32 Å². The average Bonchev–Trinajstić information content (AvgIpc) is 2.22. The predicted octanol–water partition coefficient (Wildman–Crippen LogP) is 3.41. The van der Waals surface area contributed by atoms with Gasteiger partial charge in [-0.25, -0.2) is 4.39 Å². The fraction of sp³-hybridized carbons (Fsp3) is 0.462. The van der Waals surface area contributed by atoms with Crippen molar-refractivity contribution in [3.05, 3.63) is 28.2 Å². The van der Waals surface area contributed by atoms with Crippen LogP contribution in [0.1, 0.15) is 27.7 Å². The summed E-state index contributed by atoms with van der Waals surface area (Å²) in [5.74, 6) is -2.85. The number of amides is 1. The van der Waals surface area contributed by atoms with Gasteiger partial charge in [-0.2, -0.15) is 4.39 Å². The molecule has 19 heavy (non-hydrogen) atoms. The molecular weight excluding hydrogens is 320 g/mol. The topological polar surface area (TPSA) is 38.3 Å². The molecule has 1 N–H and O–H groups in total. The molecule has 1 unspecified atom stereocenters. The van der Waals surface area contributed by atoms with Crippen LogP contribution < -0.4 is 10.1 Å². The summed E-state index contributed by atoms with van der Waals surface area (Å²) in [6.07, 6.45) is -0.928. The zero-order chi connectivity index (χ0) is 14.8. The van der Waals surface area contributed by atoms with Crippen molar-refractivity contribution in [2.45, 2.75) is 39.3 Å². The van der Waals surface area contributed by atoms with Crippen molar-refractivity contribution >= 4 is 21.8 Å². The summed E-state index contributed by atoms with van der Waals surface area (Å²) in [5.41, 5.74) is -0.421. The van der Waals surface area contributed by atoms with Crippen LogP contribution in [0.5, 0.6) is 5.75 Å². The van der Waals surface area contributed by atoms with Gasteiger partial charge in [0.2, 0.25) is 5.82 Å². The lowest BCUT2D eigenvalue weighted by atomic mass is 10.1. The molecule has 0 bridgehead atoms. The summed E-state index contributed by atoms with van der Waals surface area (Å²) in [6, 6.07) is 2.27. The third kappa shape index (κ3) is 4.78. The second-order valence-corrected chi connectivity index (χ2v) is 6.11. The van der Waals surface area contributed by atoms with E-state index >= 15 is 0 Å². The molecule has 0 aliphatic heterocycles. The molecule has 0 spiro atoms. The van der Waals surface area contributed by atoms with E-state index in [9.17, 15) is 13.6 Å². The van der Waals surface area contributed by atoms with Crippen LogP contribution in [0.4, 0.5) is 8.78 Å². The molecule has 0 saturated heterocycles. The molecule has 1 rings (SSSR count). The molecule has 0 heterocycles. The third-order valence-electron chi connectivity index (χ3n) is 2.13. The number of ether oxygens (including phenoxy) is 1. The Morgan fingerprint density at radius 2 is 1.95 bits per heavy atom. The molecule has 0 fully saturated rings. The molecule has 0 radical (unpaired) electrons. The maximum absolute atomic E-state index is 13.5. The number of carbonyl (C=O) groups excluding carboxylic acids is 1. The van der Waals surface area contributed by atoms with E-state index < -0.39 is 29.2 Å². The lowest BCUT2D eigenvalue weighted by Crippen LogP contribution is -2.46. The molecule has 6 heteroatoms. The van der Waals surface area contributed by atoms with Crippen molar-refractivity contribution < 1.29 is 18.3 Å². The maximum atomic E-state index is 13.5. The molecule has 106 valence electrons. The Morgan fingerprint density at radius 3 is 2.47 bits per heavy atom. The number of benzene rings is 1. The van der Waals surface area contributed by atoms with Gasteiger partial charge in [0.15, 0.2) is 17.7 Å². The van der Waals surface area contributed by atoms with Crippen LogP contribution in [0.2, 0.25) is 0 Å². The van der Waals surface area contributed by atoms with Crippen LogP contribution in [0.3, 0.4) is 0 Å². The van der Waals surface area contributed by atoms with Gasteiger partial charge in [-0.05, 0) is 39.8 Å². The van der Waals surface area contributed by atoms with Gasteiger partial charge in [0.25, 0.3) is 5.91 Å². The third-order valence-corrected chi connectivity index (χ3v) is 2.59. The van der Waals surface area contributed by atoms with Crippen molar-refractivity contribution in [3.8, 4) is 5.75 Å². The Kier molecular flexibility index (Phi) is 4.90. The Hall–Kier alpha value is -1.17. The van der Waals surface area contributed by atoms with Crippen LogP contribution in [-0.2, 0) is 4.79 Å². The molecule has 0 aliphatic rings. The average molecular weight is 336 g/mol. The van der Waals surface area contributed by atoms with E-state index in [1.807, 2.05) is 20.8 Å². The van der Waals surface area contributed by atoms with Crippen LogP contribution in [0.25, 0.3) is 0 Å². The Labute approximate surface area is 119 Å². The maximum Gasteiger partial charge on any atom is 0.261 e. The summed E-state index contributed by atoms with van der Waals surface area (Å²) in [7, 11) is 0. The minimum Gasteiger partial charge on any atom is -0.478 e. The molecular formula is C13H16BrF2NO2. The summed E-state index contributed by atoms with van der Waals surface area (Å²) < 4.78 is 32.2. The fourth-order valence-electron chi connectivity index (χ4n) is 1.33. The van der Waals surface area contributed by atoms with Gasteiger partial charge in [0.05, 0.1) is 0 Å². The molecule has 1 amide bonds. The Balaban J connectivity index is 2.83. The molecule has 0 aliphatic carbocycles. The van der Waals surface area contributed by atoms with Crippen molar-refractivity contribution in [2.75, 3.05) is 0 Å². The molecule has 1 atom stereocenters. The number of nitrogens with one attached hydrogen (secondary N) is 1. The summed E-state index contributed by atoms with van der Waals surface area (Å²) in [5, 5.41) is 2.70. The minimum absolute atomic E-state index is 0.302. The first-order chi connectivity index (χ1) is 8.60. The van der Waals surface area contributed by atoms with Crippen LogP contribution >= 0.6 is 15.9 Å². The first-order valence-corrected chi connectivity index (χ1v) is 6.52. The number of carbonyl (C=O) groups is 1. The molecule has 0 saturated carbocycles. The highest BCUT2D eigenvalue weighted by atomic mass is 79.9. The zero-order valence-electron chi connectivity index (χ0n) is 11.2. The normalized spacial score (nSPS) is 13.0. The smallest absolute Gasteiger partial charge is 0.261 e. The monoisotopic (exact) mass is 335 g/mol. The summed E-state index contributed by atoms with van der Waals surface area (Å²) >= 11 is 3.04. The van der Waals surface area contributed by atoms with Crippen molar-refractivity contribution in [3.63, 3.8) is 0 Å². The van der Waals surface area contributed by atoms with Gasteiger partial charge in [0.1, 0.15) is 0 Å². The van der Waals surface area contributed by atoms with Crippen molar-refractivity contribution in [1.29, 1.82) is 0 Å². The minimum atomic E-state index is -1.11. The second-order valence-electron chi connectivity index (χ2n) is 5.20. The largest absolute Gasteiger partial charge is 0.478 e. The van der Waals surface area contributed by atoms with Crippen LogP contribution in [0, 0.1) is 11.6 Å². The van der Waals surface area contributed by atoms with Crippen LogP contribution in [0.15, 0.2) is 16.6 Å². The second kappa shape index (κ2) is 5.86. The number of rotatable bonds is 3. The molecule has 1 aromatic rings. The standard InChI is InChI=1S/C13H16BrF2NO2/c1-7(12(18)17-13(2,3)4)19-10-6-8(14)5-9(15)11(10)16/h5-7H,1-4H3,(H,17,18). The predicted molar refractivity (Wildman–Crippen MR) is 72.0 cm³/mol. The van der Waals surface area contributed by atoms with Gasteiger partial charge >= 0.3 is 0 Å². The highest BCUT2D eigenvalue weighted by molar-refractivity contribution is 9.10. The number of hydrogen-bond acceptors (Lipinski definition) is 2. The van der Waals surface area contributed by atoms with Gasteiger partial charge in [-0.15, -0.1) is 0 Å². The molecule has 0 aromatic heterocycles. The van der Waals surface area contributed by atoms with E-state index in [1.165, 1.54) is 13.0 Å². The van der Waals surface area contributed by atoms with E-state index in [0.29, 0.717) is 4.47 Å². The Morgan fingerprint density at radius 1 is 1.37 bits per heavy atom. The van der Waals surface area contributed by atoms with E-state index in [0.717, 1.165) is 6.07 Å². The lowest BCUT2D eigenvalue weighted by molar-refractivity contribution is -0.128. The van der Waals surface area contributed by atoms with E-state index in [4.69, 9.17) is 4.74 Å². The first kappa shape index (κ1) is 15.9. The van der Waals surface area contributed by atoms with E-state index in [2.05, 4.69) is 21.2 Å². The summed E-state index contributed by atoms with van der Waals surface area (Å²) in [6.45, 7) is 6.92. The van der Waals surface area contributed by atoms with Gasteiger partial charge in [-0.3, -0.25) is 4.79 Å². The first-order valence-electron chi connectivity index (χ1n) is 5.73. The van der Waals surface area contributed by atoms with E-state index in [1.54, 1.807) is 0 Å². The van der Waals surface area contributed by atoms with Crippen molar-refractivity contribution in [2.24, 2.45) is 0 Å². The zero-order valence-corrected chi connectivity index (χ0v) is 12.8.